The molecule has 0 amide bonds. The molecule has 10 heavy (non-hydrogen) atoms. The first-order valence-electron chi connectivity index (χ1n) is 2.91. The van der Waals surface area contributed by atoms with E-state index < -0.39 is 0 Å². The standard InChI is InChI=1S/C6H5Br.C2H4O/c7-6-4-2-1-3-5-6;1-2-3/h1-5H;2H,1H3. The van der Waals surface area contributed by atoms with Gasteiger partial charge < -0.3 is 4.79 Å². The second-order valence-electron chi connectivity index (χ2n) is 1.53. The molecule has 0 radical (unpaired) electrons. The van der Waals surface area contributed by atoms with E-state index in [1.165, 1.54) is 6.92 Å². The van der Waals surface area contributed by atoms with Crippen LogP contribution in [0, 0.1) is 0 Å². The van der Waals surface area contributed by atoms with Gasteiger partial charge in [-0.1, -0.05) is 34.1 Å². The minimum atomic E-state index is 0.750. The Morgan fingerprint density at radius 1 is 1.30 bits per heavy atom. The molecule has 0 spiro atoms. The number of aldehydes is 1. The van der Waals surface area contributed by atoms with Crippen molar-refractivity contribution in [2.24, 2.45) is 0 Å². The van der Waals surface area contributed by atoms with Gasteiger partial charge in [-0.25, -0.2) is 0 Å². The predicted molar refractivity (Wildman–Crippen MR) is 45.9 cm³/mol. The molecule has 0 aliphatic rings. The van der Waals surface area contributed by atoms with E-state index in [1.807, 2.05) is 30.3 Å². The van der Waals surface area contributed by atoms with E-state index in [9.17, 15) is 0 Å². The van der Waals surface area contributed by atoms with Gasteiger partial charge in [0.25, 0.3) is 0 Å². The van der Waals surface area contributed by atoms with Gasteiger partial charge in [0.15, 0.2) is 0 Å². The largest absolute Gasteiger partial charge is 0.304 e. The SMILES string of the molecule is Brc1ccccc1.CC=O. The van der Waals surface area contributed by atoms with E-state index in [0.29, 0.717) is 0 Å². The fourth-order valence-corrected chi connectivity index (χ4v) is 0.720. The van der Waals surface area contributed by atoms with Crippen LogP contribution in [-0.2, 0) is 4.79 Å². The Bertz CT molecular complexity index is 172. The van der Waals surface area contributed by atoms with E-state index >= 15 is 0 Å². The summed E-state index contributed by atoms with van der Waals surface area (Å²) in [6, 6.07) is 9.97. The zero-order valence-electron chi connectivity index (χ0n) is 5.75. The summed E-state index contributed by atoms with van der Waals surface area (Å²) in [6.45, 7) is 1.44. The van der Waals surface area contributed by atoms with Crippen molar-refractivity contribution in [3.63, 3.8) is 0 Å². The lowest BCUT2D eigenvalue weighted by Crippen LogP contribution is -1.55. The number of carbonyl (C=O) groups excluding carboxylic acids is 1. The van der Waals surface area contributed by atoms with E-state index in [4.69, 9.17) is 4.79 Å². The Hall–Kier alpha value is -0.630. The molecule has 0 atom stereocenters. The Kier molecular flexibility index (Phi) is 6.08. The summed E-state index contributed by atoms with van der Waals surface area (Å²) in [7, 11) is 0. The molecule has 0 bridgehead atoms. The van der Waals surface area contributed by atoms with Crippen molar-refractivity contribution in [2.75, 3.05) is 0 Å². The van der Waals surface area contributed by atoms with Gasteiger partial charge in [0.05, 0.1) is 0 Å². The molecule has 0 N–H and O–H groups in total. The third-order valence-electron chi connectivity index (χ3n) is 0.733. The molecule has 1 aromatic rings. The Morgan fingerprint density at radius 2 is 1.70 bits per heavy atom. The summed E-state index contributed by atoms with van der Waals surface area (Å²) in [5, 5.41) is 0. The predicted octanol–water partition coefficient (Wildman–Crippen LogP) is 2.65. The second-order valence-corrected chi connectivity index (χ2v) is 2.45. The van der Waals surface area contributed by atoms with E-state index in [1.54, 1.807) is 0 Å². The minimum Gasteiger partial charge on any atom is -0.304 e. The van der Waals surface area contributed by atoms with Crippen LogP contribution in [-0.4, -0.2) is 6.29 Å². The van der Waals surface area contributed by atoms with Gasteiger partial charge in [0, 0.05) is 4.47 Å². The molecule has 0 unspecified atom stereocenters. The molecule has 2 heteroatoms. The van der Waals surface area contributed by atoms with Crippen molar-refractivity contribution in [2.45, 2.75) is 6.92 Å². The Morgan fingerprint density at radius 3 is 1.90 bits per heavy atom. The number of hydrogen-bond acceptors (Lipinski definition) is 1. The first-order valence-corrected chi connectivity index (χ1v) is 3.71. The van der Waals surface area contributed by atoms with Gasteiger partial charge in [-0.3, -0.25) is 0 Å². The number of halogens is 1. The van der Waals surface area contributed by atoms with Gasteiger partial charge in [0.2, 0.25) is 0 Å². The normalized spacial score (nSPS) is 7.40. The molecule has 0 saturated carbocycles. The lowest BCUT2D eigenvalue weighted by atomic mass is 10.4. The van der Waals surface area contributed by atoms with Gasteiger partial charge >= 0.3 is 0 Å². The van der Waals surface area contributed by atoms with Crippen LogP contribution >= 0.6 is 15.9 Å². The van der Waals surface area contributed by atoms with Gasteiger partial charge in [-0.15, -0.1) is 0 Å². The highest BCUT2D eigenvalue weighted by molar-refractivity contribution is 9.10. The van der Waals surface area contributed by atoms with Crippen molar-refractivity contribution in [3.8, 4) is 0 Å². The fraction of sp³-hybridized carbons (Fsp3) is 0.125. The van der Waals surface area contributed by atoms with Crippen LogP contribution in [0.2, 0.25) is 0 Å². The maximum atomic E-state index is 8.81. The maximum absolute atomic E-state index is 8.81. The molecular weight excluding hydrogens is 192 g/mol. The van der Waals surface area contributed by atoms with Crippen molar-refractivity contribution in [1.82, 2.24) is 0 Å². The molecule has 0 aromatic heterocycles. The van der Waals surface area contributed by atoms with Gasteiger partial charge in [-0.05, 0) is 19.1 Å². The van der Waals surface area contributed by atoms with Crippen molar-refractivity contribution in [1.29, 1.82) is 0 Å². The summed E-state index contributed by atoms with van der Waals surface area (Å²) in [4.78, 5) is 8.81. The quantitative estimate of drug-likeness (QED) is 0.589. The topological polar surface area (TPSA) is 17.1 Å². The summed E-state index contributed by atoms with van der Waals surface area (Å²) in [5.74, 6) is 0. The second kappa shape index (κ2) is 6.49. The summed E-state index contributed by atoms with van der Waals surface area (Å²) < 4.78 is 1.13. The third kappa shape index (κ3) is 5.51. The van der Waals surface area contributed by atoms with Crippen LogP contribution in [0.15, 0.2) is 34.8 Å². The van der Waals surface area contributed by atoms with Crippen LogP contribution in [0.1, 0.15) is 6.92 Å². The highest BCUT2D eigenvalue weighted by atomic mass is 79.9. The highest BCUT2D eigenvalue weighted by Crippen LogP contribution is 2.05. The summed E-state index contributed by atoms with van der Waals surface area (Å²) >= 11 is 3.31. The van der Waals surface area contributed by atoms with E-state index in [-0.39, 0.29) is 0 Å². The molecule has 1 nitrogen and oxygen atoms in total. The molecule has 54 valence electrons. The van der Waals surface area contributed by atoms with Crippen LogP contribution in [0.25, 0.3) is 0 Å². The smallest absolute Gasteiger partial charge is 0.116 e. The molecule has 1 aromatic carbocycles. The molecule has 0 aliphatic carbocycles. The van der Waals surface area contributed by atoms with Gasteiger partial charge in [-0.2, -0.15) is 0 Å². The van der Waals surface area contributed by atoms with Crippen LogP contribution in [0.3, 0.4) is 0 Å². The monoisotopic (exact) mass is 200 g/mol. The van der Waals surface area contributed by atoms with Crippen molar-refractivity contribution < 1.29 is 4.79 Å². The van der Waals surface area contributed by atoms with Crippen LogP contribution < -0.4 is 0 Å². The number of rotatable bonds is 0. The third-order valence-corrected chi connectivity index (χ3v) is 1.26. The zero-order valence-corrected chi connectivity index (χ0v) is 7.34. The van der Waals surface area contributed by atoms with Crippen molar-refractivity contribution in [3.05, 3.63) is 34.8 Å². The van der Waals surface area contributed by atoms with Crippen LogP contribution in [0.5, 0.6) is 0 Å². The zero-order chi connectivity index (χ0) is 7.82. The molecule has 0 fully saturated rings. The molecular formula is C8H9BrO. The van der Waals surface area contributed by atoms with Crippen molar-refractivity contribution >= 4 is 22.2 Å². The highest BCUT2D eigenvalue weighted by Gasteiger charge is 1.74. The lowest BCUT2D eigenvalue weighted by Gasteiger charge is -1.80. The summed E-state index contributed by atoms with van der Waals surface area (Å²) in [5.41, 5.74) is 0. The summed E-state index contributed by atoms with van der Waals surface area (Å²) in [6.07, 6.45) is 0.750. The van der Waals surface area contributed by atoms with E-state index in [2.05, 4.69) is 15.9 Å². The molecule has 0 aliphatic heterocycles. The first kappa shape index (κ1) is 9.37. The number of carbonyl (C=O) groups is 1. The molecule has 0 heterocycles. The van der Waals surface area contributed by atoms with E-state index in [0.717, 1.165) is 10.8 Å². The van der Waals surface area contributed by atoms with Crippen LogP contribution in [0.4, 0.5) is 0 Å². The maximum Gasteiger partial charge on any atom is 0.116 e. The fourth-order valence-electron chi connectivity index (χ4n) is 0.415. The van der Waals surface area contributed by atoms with Gasteiger partial charge in [0.1, 0.15) is 6.29 Å². The number of benzene rings is 1. The lowest BCUT2D eigenvalue weighted by molar-refractivity contribution is -0.106. The Labute approximate surface area is 69.2 Å². The molecule has 0 saturated heterocycles. The minimum absolute atomic E-state index is 0.750. The molecule has 1 rings (SSSR count). The average Bonchev–Trinajstić information content (AvgIpc) is 1.91. The average molecular weight is 201 g/mol. The Balaban J connectivity index is 0.000000236. The number of hydrogen-bond donors (Lipinski definition) is 0. The first-order chi connectivity index (χ1) is 4.81.